The van der Waals surface area contributed by atoms with Crippen LogP contribution < -0.4 is 0 Å². The molecular formula is C15H19NO6. The van der Waals surface area contributed by atoms with Crippen LogP contribution in [0.3, 0.4) is 0 Å². The van der Waals surface area contributed by atoms with Gasteiger partial charge in [-0.1, -0.05) is 36.8 Å². The Hall–Kier alpha value is -2.53. The number of hydrogen-bond donors (Lipinski definition) is 0. The van der Waals surface area contributed by atoms with E-state index >= 15 is 0 Å². The zero-order valence-electron chi connectivity index (χ0n) is 12.9. The van der Waals surface area contributed by atoms with E-state index in [4.69, 9.17) is 14.3 Å². The predicted molar refractivity (Wildman–Crippen MR) is 76.6 cm³/mol. The van der Waals surface area contributed by atoms with Crippen LogP contribution in [-0.4, -0.2) is 30.2 Å². The van der Waals surface area contributed by atoms with Crippen LogP contribution in [0.2, 0.25) is 0 Å². The van der Waals surface area contributed by atoms with Gasteiger partial charge in [-0.2, -0.15) is 9.59 Å². The van der Waals surface area contributed by atoms with Crippen molar-refractivity contribution in [3.8, 4) is 0 Å². The zero-order valence-corrected chi connectivity index (χ0v) is 12.9. The number of rotatable bonds is 5. The largest absolute Gasteiger partial charge is 0.469 e. The Morgan fingerprint density at radius 1 is 1.23 bits per heavy atom. The number of esters is 1. The Morgan fingerprint density at radius 2 is 1.68 bits per heavy atom. The van der Waals surface area contributed by atoms with Crippen molar-refractivity contribution in [2.75, 3.05) is 7.11 Å². The highest BCUT2D eigenvalue weighted by atomic mass is 16.6. The first-order valence-electron chi connectivity index (χ1n) is 6.57. The highest BCUT2D eigenvalue weighted by Gasteiger charge is 2.37. The lowest BCUT2D eigenvalue weighted by molar-refractivity contribution is -0.523. The first-order chi connectivity index (χ1) is 10.3. The molecular weight excluding hydrogens is 290 g/mol. The molecule has 1 aromatic carbocycles. The number of aryl methyl sites for hydroxylation is 1. The first-order valence-corrected chi connectivity index (χ1v) is 6.57. The molecule has 22 heavy (non-hydrogen) atoms. The Bertz CT molecular complexity index is 533. The SMILES string of the molecule is COC(=O)C(C)[C@H](c1ccc(C)cc1)C(C)[N+](=O)[O-].O=C=O. The van der Waals surface area contributed by atoms with E-state index < -0.39 is 23.8 Å². The molecule has 0 bridgehead atoms. The zero-order chi connectivity index (χ0) is 17.3. The molecule has 120 valence electrons. The fourth-order valence-corrected chi connectivity index (χ4v) is 2.24. The quantitative estimate of drug-likeness (QED) is 0.468. The molecule has 0 fully saturated rings. The summed E-state index contributed by atoms with van der Waals surface area (Å²) >= 11 is 0. The van der Waals surface area contributed by atoms with E-state index in [1.165, 1.54) is 14.0 Å². The maximum atomic E-state index is 11.7. The molecule has 0 spiro atoms. The second-order valence-corrected chi connectivity index (χ2v) is 4.86. The number of methoxy groups -OCH3 is 1. The van der Waals surface area contributed by atoms with E-state index in [1.54, 1.807) is 6.92 Å². The summed E-state index contributed by atoms with van der Waals surface area (Å²) in [5, 5.41) is 11.0. The van der Waals surface area contributed by atoms with E-state index in [0.29, 0.717) is 0 Å². The second-order valence-electron chi connectivity index (χ2n) is 4.86. The Morgan fingerprint density at radius 3 is 2.05 bits per heavy atom. The third-order valence-electron chi connectivity index (χ3n) is 3.43. The van der Waals surface area contributed by atoms with Crippen LogP contribution in [0, 0.1) is 23.0 Å². The minimum absolute atomic E-state index is 0.250. The molecule has 1 rings (SSSR count). The van der Waals surface area contributed by atoms with Gasteiger partial charge < -0.3 is 4.74 Å². The minimum atomic E-state index is -0.850. The van der Waals surface area contributed by atoms with Crippen LogP contribution in [0.4, 0.5) is 0 Å². The standard InChI is InChI=1S/C14H19NO4.CO2/c1-9-5-7-12(8-6-9)13(11(3)15(17)18)10(2)14(16)19-4;2-1-3/h5-8,10-11,13H,1-4H3;/t10?,11?,13-;/m0./s1. The average molecular weight is 309 g/mol. The third-order valence-corrected chi connectivity index (χ3v) is 3.43. The molecule has 1 aromatic rings. The molecule has 0 amide bonds. The van der Waals surface area contributed by atoms with Crippen LogP contribution >= 0.6 is 0 Å². The van der Waals surface area contributed by atoms with Gasteiger partial charge in [0.1, 0.15) is 0 Å². The maximum absolute atomic E-state index is 11.7. The van der Waals surface area contributed by atoms with Gasteiger partial charge in [0.2, 0.25) is 6.04 Å². The van der Waals surface area contributed by atoms with Gasteiger partial charge in [0.15, 0.2) is 0 Å². The van der Waals surface area contributed by atoms with Gasteiger partial charge in [-0.25, -0.2) is 0 Å². The van der Waals surface area contributed by atoms with Crippen LogP contribution in [-0.2, 0) is 19.1 Å². The van der Waals surface area contributed by atoms with Gasteiger partial charge in [0.25, 0.3) is 0 Å². The summed E-state index contributed by atoms with van der Waals surface area (Å²) in [7, 11) is 1.29. The summed E-state index contributed by atoms with van der Waals surface area (Å²) in [6.07, 6.45) is 0.250. The summed E-state index contributed by atoms with van der Waals surface area (Å²) in [6.45, 7) is 5.12. The van der Waals surface area contributed by atoms with Crippen molar-refractivity contribution < 1.29 is 24.0 Å². The van der Waals surface area contributed by atoms with Crippen LogP contribution in [0.5, 0.6) is 0 Å². The van der Waals surface area contributed by atoms with Crippen molar-refractivity contribution >= 4 is 12.1 Å². The van der Waals surface area contributed by atoms with Crippen molar-refractivity contribution in [3.63, 3.8) is 0 Å². The van der Waals surface area contributed by atoms with Gasteiger partial charge in [0.05, 0.1) is 18.9 Å². The molecule has 0 heterocycles. The molecule has 0 saturated carbocycles. The molecule has 0 aliphatic carbocycles. The van der Waals surface area contributed by atoms with Gasteiger partial charge in [-0.15, -0.1) is 0 Å². The lowest BCUT2D eigenvalue weighted by Gasteiger charge is -2.23. The highest BCUT2D eigenvalue weighted by Crippen LogP contribution is 2.30. The third kappa shape index (κ3) is 5.46. The molecule has 3 atom stereocenters. The molecule has 0 radical (unpaired) electrons. The van der Waals surface area contributed by atoms with Gasteiger partial charge >= 0.3 is 12.1 Å². The number of nitro groups is 1. The minimum Gasteiger partial charge on any atom is -0.469 e. The number of carbonyl (C=O) groups excluding carboxylic acids is 3. The Kier molecular flexibility index (Phi) is 8.33. The fraction of sp³-hybridized carbons (Fsp3) is 0.467. The number of nitrogens with zero attached hydrogens (tertiary/aromatic N) is 1. The molecule has 7 nitrogen and oxygen atoms in total. The summed E-state index contributed by atoms with van der Waals surface area (Å²) < 4.78 is 4.71. The summed E-state index contributed by atoms with van der Waals surface area (Å²) in [4.78, 5) is 38.6. The average Bonchev–Trinajstić information content (AvgIpc) is 2.49. The Labute approximate surface area is 128 Å². The predicted octanol–water partition coefficient (Wildman–Crippen LogP) is 1.97. The van der Waals surface area contributed by atoms with Crippen molar-refractivity contribution in [3.05, 3.63) is 45.5 Å². The number of benzene rings is 1. The van der Waals surface area contributed by atoms with Crippen molar-refractivity contribution in [1.29, 1.82) is 0 Å². The van der Waals surface area contributed by atoms with Gasteiger partial charge in [0, 0.05) is 11.8 Å². The van der Waals surface area contributed by atoms with E-state index in [-0.39, 0.29) is 11.1 Å². The summed E-state index contributed by atoms with van der Waals surface area (Å²) in [6, 6.07) is 6.59. The monoisotopic (exact) mass is 309 g/mol. The van der Waals surface area contributed by atoms with Crippen molar-refractivity contribution in [2.24, 2.45) is 5.92 Å². The number of ether oxygens (including phenoxy) is 1. The van der Waals surface area contributed by atoms with Gasteiger partial charge in [-0.05, 0) is 12.5 Å². The van der Waals surface area contributed by atoms with E-state index in [2.05, 4.69) is 0 Å². The molecule has 0 aliphatic rings. The van der Waals surface area contributed by atoms with Crippen LogP contribution in [0.15, 0.2) is 24.3 Å². The van der Waals surface area contributed by atoms with E-state index in [1.807, 2.05) is 31.2 Å². The van der Waals surface area contributed by atoms with Crippen LogP contribution in [0.25, 0.3) is 0 Å². The molecule has 7 heteroatoms. The summed E-state index contributed by atoms with van der Waals surface area (Å²) in [5.74, 6) is -1.49. The molecule has 0 saturated heterocycles. The van der Waals surface area contributed by atoms with Crippen LogP contribution in [0.1, 0.15) is 30.9 Å². The highest BCUT2D eigenvalue weighted by molar-refractivity contribution is 5.73. The lowest BCUT2D eigenvalue weighted by atomic mass is 9.82. The van der Waals surface area contributed by atoms with Crippen molar-refractivity contribution in [1.82, 2.24) is 0 Å². The number of carbonyl (C=O) groups is 1. The lowest BCUT2D eigenvalue weighted by Crippen LogP contribution is -2.33. The second kappa shape index (κ2) is 9.41. The topological polar surface area (TPSA) is 104 Å². The van der Waals surface area contributed by atoms with E-state index in [9.17, 15) is 14.9 Å². The molecule has 0 aliphatic heterocycles. The molecule has 0 aromatic heterocycles. The first kappa shape index (κ1) is 19.5. The number of hydrogen-bond acceptors (Lipinski definition) is 6. The Balaban J connectivity index is 0.00000135. The smallest absolute Gasteiger partial charge is 0.373 e. The molecule has 2 unspecified atom stereocenters. The van der Waals surface area contributed by atoms with E-state index in [0.717, 1.165) is 11.1 Å². The van der Waals surface area contributed by atoms with Crippen molar-refractivity contribution in [2.45, 2.75) is 32.7 Å². The molecule has 0 N–H and O–H groups in total. The maximum Gasteiger partial charge on any atom is 0.373 e. The summed E-state index contributed by atoms with van der Waals surface area (Å²) in [5.41, 5.74) is 1.86. The normalized spacial score (nSPS) is 13.6. The van der Waals surface area contributed by atoms with Gasteiger partial charge in [-0.3, -0.25) is 14.9 Å². The fourth-order valence-electron chi connectivity index (χ4n) is 2.24.